The van der Waals surface area contributed by atoms with Crippen LogP contribution >= 0.6 is 0 Å². The summed E-state index contributed by atoms with van der Waals surface area (Å²) in [6.45, 7) is 0.624. The molecular formula is C19H20N2O5S. The molecule has 0 atom stereocenters. The lowest BCUT2D eigenvalue weighted by atomic mass is 10.1. The third-order valence-electron chi connectivity index (χ3n) is 4.37. The minimum Gasteiger partial charge on any atom is -0.485 e. The number of benzene rings is 2. The molecule has 0 saturated carbocycles. The van der Waals surface area contributed by atoms with Gasteiger partial charge in [-0.3, -0.25) is 9.59 Å². The van der Waals surface area contributed by atoms with Crippen molar-refractivity contribution in [2.24, 2.45) is 5.73 Å². The first kappa shape index (κ1) is 19.1. The molecule has 27 heavy (non-hydrogen) atoms. The number of nitrogens with zero attached hydrogens (tertiary/aromatic N) is 1. The lowest BCUT2D eigenvalue weighted by Gasteiger charge is -2.17. The number of ketones is 1. The van der Waals surface area contributed by atoms with Gasteiger partial charge in [-0.1, -0.05) is 30.3 Å². The molecule has 2 aromatic carbocycles. The number of sulfonamides is 1. The largest absolute Gasteiger partial charge is 0.485 e. The lowest BCUT2D eigenvalue weighted by Crippen LogP contribution is -2.28. The van der Waals surface area contributed by atoms with Crippen LogP contribution in [0, 0.1) is 0 Å². The summed E-state index contributed by atoms with van der Waals surface area (Å²) >= 11 is 0. The van der Waals surface area contributed by atoms with Gasteiger partial charge in [-0.2, -0.15) is 4.31 Å². The van der Waals surface area contributed by atoms with Crippen LogP contribution in [0.5, 0.6) is 5.75 Å². The first-order valence-corrected chi connectivity index (χ1v) is 9.98. The van der Waals surface area contributed by atoms with Crippen LogP contribution in [0.4, 0.5) is 0 Å². The maximum atomic E-state index is 12.7. The molecule has 0 radical (unpaired) electrons. The molecule has 0 spiro atoms. The van der Waals surface area contributed by atoms with E-state index in [1.165, 1.54) is 22.5 Å². The highest BCUT2D eigenvalue weighted by atomic mass is 32.2. The molecule has 142 valence electrons. The fraction of sp³-hybridized carbons (Fsp3) is 0.263. The molecule has 2 N–H and O–H groups in total. The van der Waals surface area contributed by atoms with Crippen LogP contribution in [0.3, 0.4) is 0 Å². The Morgan fingerprint density at radius 2 is 1.70 bits per heavy atom. The number of amides is 1. The number of nitrogens with two attached hydrogens (primary N) is 1. The molecule has 1 heterocycles. The normalized spacial score (nSPS) is 14.8. The molecule has 3 rings (SSSR count). The predicted molar refractivity (Wildman–Crippen MR) is 99.2 cm³/mol. The van der Waals surface area contributed by atoms with Crippen molar-refractivity contribution in [2.45, 2.75) is 17.7 Å². The van der Waals surface area contributed by atoms with Crippen molar-refractivity contribution in [1.29, 1.82) is 0 Å². The van der Waals surface area contributed by atoms with Crippen LogP contribution in [0.2, 0.25) is 0 Å². The number of carbonyl (C=O) groups excluding carboxylic acids is 2. The molecule has 0 aromatic heterocycles. The molecule has 2 aromatic rings. The maximum absolute atomic E-state index is 12.7. The molecule has 0 bridgehead atoms. The number of rotatable bonds is 7. The Labute approximate surface area is 157 Å². The van der Waals surface area contributed by atoms with E-state index in [9.17, 15) is 18.0 Å². The molecular weight excluding hydrogens is 368 g/mol. The molecule has 8 heteroatoms. The van der Waals surface area contributed by atoms with Gasteiger partial charge in [0.25, 0.3) is 5.91 Å². The second-order valence-corrected chi connectivity index (χ2v) is 8.15. The third-order valence-corrected chi connectivity index (χ3v) is 6.27. The smallest absolute Gasteiger partial charge is 0.252 e. The summed E-state index contributed by atoms with van der Waals surface area (Å²) in [6, 6.07) is 12.5. The topological polar surface area (TPSA) is 107 Å². The van der Waals surface area contributed by atoms with E-state index in [0.717, 1.165) is 12.8 Å². The lowest BCUT2D eigenvalue weighted by molar-refractivity contribution is 0.0912. The van der Waals surface area contributed by atoms with Crippen molar-refractivity contribution < 1.29 is 22.7 Å². The zero-order valence-electron chi connectivity index (χ0n) is 14.6. The highest BCUT2D eigenvalue weighted by Crippen LogP contribution is 2.26. The van der Waals surface area contributed by atoms with E-state index in [0.29, 0.717) is 18.7 Å². The van der Waals surface area contributed by atoms with Crippen LogP contribution in [0.15, 0.2) is 53.4 Å². The summed E-state index contributed by atoms with van der Waals surface area (Å²) in [5.41, 5.74) is 5.79. The molecule has 1 saturated heterocycles. The van der Waals surface area contributed by atoms with E-state index < -0.39 is 15.9 Å². The number of Topliss-reactive ketones (excluding diaryl/α,β-unsaturated/α-hetero) is 1. The number of carbonyl (C=O) groups is 2. The summed E-state index contributed by atoms with van der Waals surface area (Å²) in [4.78, 5) is 23.9. The molecule has 1 fully saturated rings. The van der Waals surface area contributed by atoms with Gasteiger partial charge in [-0.05, 0) is 31.0 Å². The summed E-state index contributed by atoms with van der Waals surface area (Å²) in [5.74, 6) is -1.01. The van der Waals surface area contributed by atoms with E-state index in [4.69, 9.17) is 10.5 Å². The molecule has 0 aliphatic carbocycles. The highest BCUT2D eigenvalue weighted by Gasteiger charge is 2.28. The van der Waals surface area contributed by atoms with E-state index >= 15 is 0 Å². The van der Waals surface area contributed by atoms with Crippen molar-refractivity contribution in [3.05, 3.63) is 59.7 Å². The fourth-order valence-corrected chi connectivity index (χ4v) is 4.46. The molecule has 0 unspecified atom stereocenters. The zero-order valence-corrected chi connectivity index (χ0v) is 15.4. The Balaban J connectivity index is 1.82. The van der Waals surface area contributed by atoms with Gasteiger partial charge in [0.05, 0.1) is 10.5 Å². The van der Waals surface area contributed by atoms with Gasteiger partial charge in [0.15, 0.2) is 12.4 Å². The maximum Gasteiger partial charge on any atom is 0.252 e. The van der Waals surface area contributed by atoms with E-state index in [1.54, 1.807) is 30.3 Å². The quantitative estimate of drug-likeness (QED) is 0.728. The van der Waals surface area contributed by atoms with Gasteiger partial charge in [0.1, 0.15) is 5.75 Å². The first-order valence-electron chi connectivity index (χ1n) is 8.54. The van der Waals surface area contributed by atoms with Crippen LogP contribution < -0.4 is 10.5 Å². The van der Waals surface area contributed by atoms with Gasteiger partial charge in [-0.25, -0.2) is 8.42 Å². The molecule has 1 amide bonds. The first-order chi connectivity index (χ1) is 12.9. The van der Waals surface area contributed by atoms with Crippen molar-refractivity contribution in [2.75, 3.05) is 19.7 Å². The molecule has 7 nitrogen and oxygen atoms in total. The van der Waals surface area contributed by atoms with Crippen molar-refractivity contribution in [1.82, 2.24) is 4.31 Å². The highest BCUT2D eigenvalue weighted by molar-refractivity contribution is 7.89. The summed E-state index contributed by atoms with van der Waals surface area (Å²) in [5, 5.41) is 0. The van der Waals surface area contributed by atoms with Crippen molar-refractivity contribution in [3.63, 3.8) is 0 Å². The number of hydrogen-bond donors (Lipinski definition) is 1. The van der Waals surface area contributed by atoms with Gasteiger partial charge in [-0.15, -0.1) is 0 Å². The summed E-state index contributed by atoms with van der Waals surface area (Å²) in [7, 11) is -3.68. The second kappa shape index (κ2) is 7.89. The SMILES string of the molecule is NC(=O)c1cc(S(=O)(=O)N2CCCC2)ccc1OCC(=O)c1ccccc1. The standard InChI is InChI=1S/C19H20N2O5S/c20-19(23)16-12-15(27(24,25)21-10-4-5-11-21)8-9-18(16)26-13-17(22)14-6-2-1-3-7-14/h1-3,6-9,12H,4-5,10-11,13H2,(H2,20,23). The predicted octanol–water partition coefficient (Wildman–Crippen LogP) is 1.83. The number of hydrogen-bond acceptors (Lipinski definition) is 5. The molecule has 1 aliphatic heterocycles. The summed E-state index contributed by atoms with van der Waals surface area (Å²) in [6.07, 6.45) is 1.62. The van der Waals surface area contributed by atoms with E-state index in [1.807, 2.05) is 0 Å². The Bertz CT molecular complexity index is 951. The minimum atomic E-state index is -3.68. The van der Waals surface area contributed by atoms with Gasteiger partial charge in [0, 0.05) is 18.7 Å². The van der Waals surface area contributed by atoms with Gasteiger partial charge < -0.3 is 10.5 Å². The van der Waals surface area contributed by atoms with Crippen LogP contribution in [0.25, 0.3) is 0 Å². The van der Waals surface area contributed by atoms with Crippen LogP contribution in [-0.2, 0) is 10.0 Å². The Morgan fingerprint density at radius 3 is 2.33 bits per heavy atom. The number of primary amides is 1. The van der Waals surface area contributed by atoms with E-state index in [2.05, 4.69) is 0 Å². The third kappa shape index (κ3) is 4.17. The van der Waals surface area contributed by atoms with E-state index in [-0.39, 0.29) is 28.6 Å². The Hall–Kier alpha value is -2.71. The van der Waals surface area contributed by atoms with Crippen LogP contribution in [0.1, 0.15) is 33.6 Å². The zero-order chi connectivity index (χ0) is 19.4. The average molecular weight is 388 g/mol. The number of ether oxygens (including phenoxy) is 1. The van der Waals surface area contributed by atoms with Crippen LogP contribution in [-0.4, -0.2) is 44.1 Å². The minimum absolute atomic E-state index is 0.0139. The Morgan fingerprint density at radius 1 is 1.04 bits per heavy atom. The Kier molecular flexibility index (Phi) is 5.57. The van der Waals surface area contributed by atoms with Crippen molar-refractivity contribution >= 4 is 21.7 Å². The van der Waals surface area contributed by atoms with Gasteiger partial charge in [0.2, 0.25) is 10.0 Å². The second-order valence-electron chi connectivity index (χ2n) is 6.21. The molecule has 1 aliphatic rings. The van der Waals surface area contributed by atoms with Crippen molar-refractivity contribution in [3.8, 4) is 5.75 Å². The van der Waals surface area contributed by atoms with Gasteiger partial charge >= 0.3 is 0 Å². The fourth-order valence-electron chi connectivity index (χ4n) is 2.92. The monoisotopic (exact) mass is 388 g/mol. The average Bonchev–Trinajstić information content (AvgIpc) is 3.22. The summed E-state index contributed by atoms with van der Waals surface area (Å²) < 4.78 is 32.1.